The molecule has 0 fully saturated rings. The first-order chi connectivity index (χ1) is 16.3. The van der Waals surface area contributed by atoms with E-state index in [-0.39, 0.29) is 17.5 Å². The van der Waals surface area contributed by atoms with Crippen molar-refractivity contribution in [1.82, 2.24) is 19.7 Å². The SMILES string of the molecule is COc1ccccc1-n1nc(C(=O)Nc2nc3c(s2)CN(C(=O)CC(C)C)CC3)c(O)cc1=O. The molecule has 2 amide bonds. The van der Waals surface area contributed by atoms with Gasteiger partial charge >= 0.3 is 0 Å². The fraction of sp³-hybridized carbons (Fsp3) is 0.348. The van der Waals surface area contributed by atoms with E-state index >= 15 is 0 Å². The second-order valence-electron chi connectivity index (χ2n) is 8.31. The molecule has 11 heteroatoms. The molecule has 1 aliphatic heterocycles. The summed E-state index contributed by atoms with van der Waals surface area (Å²) in [7, 11) is 1.46. The average Bonchev–Trinajstić information content (AvgIpc) is 3.20. The number of aromatic nitrogens is 3. The lowest BCUT2D eigenvalue weighted by atomic mass is 10.1. The first-order valence-corrected chi connectivity index (χ1v) is 11.6. The number of fused-ring (bicyclic) bond motifs is 1. The molecule has 0 saturated carbocycles. The molecule has 0 bridgehead atoms. The van der Waals surface area contributed by atoms with Gasteiger partial charge in [0.1, 0.15) is 11.4 Å². The number of methoxy groups -OCH3 is 1. The molecule has 1 aliphatic rings. The minimum atomic E-state index is -0.708. The second-order valence-corrected chi connectivity index (χ2v) is 9.39. The van der Waals surface area contributed by atoms with Crippen molar-refractivity contribution in [3.05, 3.63) is 57.0 Å². The van der Waals surface area contributed by atoms with E-state index in [1.807, 2.05) is 18.7 Å². The maximum Gasteiger partial charge on any atom is 0.281 e. The van der Waals surface area contributed by atoms with E-state index in [9.17, 15) is 19.5 Å². The topological polar surface area (TPSA) is 127 Å². The van der Waals surface area contributed by atoms with Crippen molar-refractivity contribution in [3.8, 4) is 17.2 Å². The Morgan fingerprint density at radius 1 is 1.29 bits per heavy atom. The first kappa shape index (κ1) is 23.4. The Hall–Kier alpha value is -3.73. The Morgan fingerprint density at radius 2 is 2.06 bits per heavy atom. The number of benzene rings is 1. The number of ether oxygens (including phenoxy) is 1. The molecule has 178 valence electrons. The van der Waals surface area contributed by atoms with Crippen molar-refractivity contribution in [3.63, 3.8) is 0 Å². The monoisotopic (exact) mass is 483 g/mol. The third-order valence-electron chi connectivity index (χ3n) is 5.33. The largest absolute Gasteiger partial charge is 0.505 e. The highest BCUT2D eigenvalue weighted by Crippen LogP contribution is 2.29. The van der Waals surface area contributed by atoms with Crippen LogP contribution in [0, 0.1) is 5.92 Å². The fourth-order valence-electron chi connectivity index (χ4n) is 3.68. The van der Waals surface area contributed by atoms with E-state index in [1.54, 1.807) is 24.3 Å². The van der Waals surface area contributed by atoms with Gasteiger partial charge in [0.25, 0.3) is 11.5 Å². The molecule has 0 atom stereocenters. The highest BCUT2D eigenvalue weighted by Gasteiger charge is 2.26. The predicted octanol–water partition coefficient (Wildman–Crippen LogP) is 2.59. The van der Waals surface area contributed by atoms with E-state index in [4.69, 9.17) is 4.74 Å². The number of carbonyl (C=O) groups excluding carboxylic acids is 2. The van der Waals surface area contributed by atoms with Crippen LogP contribution < -0.4 is 15.6 Å². The van der Waals surface area contributed by atoms with Gasteiger partial charge in [-0.2, -0.15) is 9.78 Å². The Balaban J connectivity index is 1.56. The molecule has 10 nitrogen and oxygen atoms in total. The zero-order valence-electron chi connectivity index (χ0n) is 19.1. The molecule has 4 rings (SSSR count). The Kier molecular flexibility index (Phi) is 6.64. The van der Waals surface area contributed by atoms with Crippen LogP contribution in [0.2, 0.25) is 0 Å². The van der Waals surface area contributed by atoms with Crippen LogP contribution in [0.25, 0.3) is 5.69 Å². The molecule has 1 aromatic carbocycles. The Bertz CT molecular complexity index is 1300. The van der Waals surface area contributed by atoms with Crippen LogP contribution >= 0.6 is 11.3 Å². The molecule has 34 heavy (non-hydrogen) atoms. The van der Waals surface area contributed by atoms with E-state index in [0.29, 0.717) is 42.5 Å². The molecular formula is C23H25N5O5S. The smallest absolute Gasteiger partial charge is 0.281 e. The zero-order chi connectivity index (χ0) is 24.4. The molecule has 2 N–H and O–H groups in total. The minimum Gasteiger partial charge on any atom is -0.505 e. The van der Waals surface area contributed by atoms with E-state index < -0.39 is 17.2 Å². The Morgan fingerprint density at radius 3 is 2.79 bits per heavy atom. The van der Waals surface area contributed by atoms with Crippen molar-refractivity contribution >= 4 is 28.3 Å². The van der Waals surface area contributed by atoms with Crippen LogP contribution in [-0.2, 0) is 17.8 Å². The van der Waals surface area contributed by atoms with E-state index in [0.717, 1.165) is 21.3 Å². The van der Waals surface area contributed by atoms with Crippen molar-refractivity contribution < 1.29 is 19.4 Å². The molecule has 0 unspecified atom stereocenters. The molecule has 3 aromatic rings. The van der Waals surface area contributed by atoms with Gasteiger partial charge in [0.15, 0.2) is 16.6 Å². The average molecular weight is 484 g/mol. The van der Waals surface area contributed by atoms with Gasteiger partial charge in [-0.3, -0.25) is 19.7 Å². The Labute approximate surface area is 199 Å². The minimum absolute atomic E-state index is 0.104. The lowest BCUT2D eigenvalue weighted by Gasteiger charge is -2.26. The van der Waals surface area contributed by atoms with Crippen LogP contribution in [-0.4, -0.2) is 50.2 Å². The van der Waals surface area contributed by atoms with Gasteiger partial charge in [-0.15, -0.1) is 0 Å². The molecule has 0 aliphatic carbocycles. The summed E-state index contributed by atoms with van der Waals surface area (Å²) in [6, 6.07) is 7.65. The summed E-state index contributed by atoms with van der Waals surface area (Å²) in [4.78, 5) is 45.0. The van der Waals surface area contributed by atoms with Gasteiger partial charge in [-0.25, -0.2) is 4.98 Å². The quantitative estimate of drug-likeness (QED) is 0.552. The third kappa shape index (κ3) is 4.79. The number of thiazole rings is 1. The highest BCUT2D eigenvalue weighted by molar-refractivity contribution is 7.15. The molecule has 0 saturated heterocycles. The number of rotatable bonds is 6. The standard InChI is InChI=1S/C23H25N5O5S/c1-13(2)10-19(30)27-9-8-14-18(12-27)34-23(24-14)25-22(32)21-16(29)11-20(31)28(26-21)15-6-4-5-7-17(15)33-3/h4-7,11,13,29H,8-10,12H2,1-3H3,(H,24,25,32). The van der Waals surface area contributed by atoms with Gasteiger partial charge in [-0.05, 0) is 18.1 Å². The number of para-hydroxylation sites is 2. The van der Waals surface area contributed by atoms with Crippen molar-refractivity contribution in [2.75, 3.05) is 19.0 Å². The number of nitrogens with zero attached hydrogens (tertiary/aromatic N) is 4. The summed E-state index contributed by atoms with van der Waals surface area (Å²) in [5.41, 5.74) is 0.229. The number of anilines is 1. The summed E-state index contributed by atoms with van der Waals surface area (Å²) >= 11 is 1.28. The summed E-state index contributed by atoms with van der Waals surface area (Å²) in [6.07, 6.45) is 1.10. The molecule has 0 spiro atoms. The number of amides is 2. The van der Waals surface area contributed by atoms with Gasteiger partial charge in [0.2, 0.25) is 5.91 Å². The lowest BCUT2D eigenvalue weighted by Crippen LogP contribution is -2.36. The van der Waals surface area contributed by atoms with Gasteiger partial charge in [0, 0.05) is 30.3 Å². The summed E-state index contributed by atoms with van der Waals surface area (Å²) in [5.74, 6) is -0.476. The van der Waals surface area contributed by atoms with E-state index in [1.165, 1.54) is 18.4 Å². The van der Waals surface area contributed by atoms with Crippen molar-refractivity contribution in [1.29, 1.82) is 0 Å². The van der Waals surface area contributed by atoms with Crippen molar-refractivity contribution in [2.45, 2.75) is 33.2 Å². The van der Waals surface area contributed by atoms with E-state index in [2.05, 4.69) is 15.4 Å². The van der Waals surface area contributed by atoms with Gasteiger partial charge in [0.05, 0.1) is 19.3 Å². The maximum absolute atomic E-state index is 12.9. The van der Waals surface area contributed by atoms with Crippen LogP contribution in [0.15, 0.2) is 35.1 Å². The maximum atomic E-state index is 12.9. The summed E-state index contributed by atoms with van der Waals surface area (Å²) in [5, 5.41) is 17.3. The number of carbonyl (C=O) groups is 2. The molecule has 3 heterocycles. The molecular weight excluding hydrogens is 458 g/mol. The van der Waals surface area contributed by atoms with Crippen LogP contribution in [0.4, 0.5) is 5.13 Å². The summed E-state index contributed by atoms with van der Waals surface area (Å²) < 4.78 is 6.27. The van der Waals surface area contributed by atoms with Crippen LogP contribution in [0.5, 0.6) is 11.5 Å². The second kappa shape index (κ2) is 9.64. The molecule has 0 radical (unpaired) electrons. The third-order valence-corrected chi connectivity index (χ3v) is 6.33. The lowest BCUT2D eigenvalue weighted by molar-refractivity contribution is -0.132. The van der Waals surface area contributed by atoms with Gasteiger partial charge in [-0.1, -0.05) is 37.3 Å². The number of hydrogen-bond acceptors (Lipinski definition) is 8. The first-order valence-electron chi connectivity index (χ1n) is 10.8. The molecule has 2 aromatic heterocycles. The highest BCUT2D eigenvalue weighted by atomic mass is 32.1. The number of aromatic hydroxyl groups is 1. The zero-order valence-corrected chi connectivity index (χ0v) is 19.9. The normalized spacial score (nSPS) is 13.0. The van der Waals surface area contributed by atoms with Crippen molar-refractivity contribution in [2.24, 2.45) is 5.92 Å². The fourth-order valence-corrected chi connectivity index (χ4v) is 4.70. The number of nitrogens with one attached hydrogen (secondary N) is 1. The van der Waals surface area contributed by atoms with Gasteiger partial charge < -0.3 is 14.7 Å². The van der Waals surface area contributed by atoms with Crippen LogP contribution in [0.1, 0.15) is 41.3 Å². The van der Waals surface area contributed by atoms with Crippen LogP contribution in [0.3, 0.4) is 0 Å². The predicted molar refractivity (Wildman–Crippen MR) is 127 cm³/mol. The number of hydrogen-bond donors (Lipinski definition) is 2. The summed E-state index contributed by atoms with van der Waals surface area (Å²) in [6.45, 7) is 5.06.